The van der Waals surface area contributed by atoms with E-state index in [1.807, 2.05) is 6.20 Å². The van der Waals surface area contributed by atoms with Gasteiger partial charge in [-0.1, -0.05) is 62.3 Å². The number of aromatic nitrogens is 2. The second-order valence-electron chi connectivity index (χ2n) is 11.3. The first-order valence-electron chi connectivity index (χ1n) is 13.6. The zero-order chi connectivity index (χ0) is 27.4. The van der Waals surface area contributed by atoms with Crippen LogP contribution in [0.3, 0.4) is 0 Å². The summed E-state index contributed by atoms with van der Waals surface area (Å²) in [5, 5.41) is 2.39. The summed E-state index contributed by atoms with van der Waals surface area (Å²) in [7, 11) is 2.13. The Kier molecular flexibility index (Phi) is 7.21. The summed E-state index contributed by atoms with van der Waals surface area (Å²) >= 11 is 1.69. The molecule has 6 heteroatoms. The van der Waals surface area contributed by atoms with Crippen molar-refractivity contribution in [2.75, 3.05) is 23.5 Å². The Labute approximate surface area is 260 Å². The van der Waals surface area contributed by atoms with Crippen LogP contribution in [0, 0.1) is 12.1 Å². The molecule has 2 aromatic heterocycles. The van der Waals surface area contributed by atoms with Gasteiger partial charge in [-0.2, -0.15) is 24.3 Å². The van der Waals surface area contributed by atoms with Gasteiger partial charge < -0.3 is 14.4 Å². The number of anilines is 3. The number of pyridine rings is 1. The Bertz CT molecular complexity index is 1890. The molecule has 0 fully saturated rings. The molecule has 206 valence electrons. The average Bonchev–Trinajstić information content (AvgIpc) is 3.47. The second-order valence-corrected chi connectivity index (χ2v) is 12.4. The molecule has 0 amide bonds. The molecule has 1 aliphatic rings. The van der Waals surface area contributed by atoms with Crippen LogP contribution in [-0.2, 0) is 26.5 Å². The normalized spacial score (nSPS) is 13.1. The topological polar surface area (TPSA) is 24.3 Å². The SMILES string of the molecule is CN1CN(c2[c-]c(Sc3[c-]c4c(cc3)c3ccccc3n4-c3cc(C(C)(C)C)ccn3)ccc2)c2ccccc21.[Pt+2]. The van der Waals surface area contributed by atoms with Crippen LogP contribution in [-0.4, -0.2) is 23.3 Å². The number of hydrogen-bond acceptors (Lipinski definition) is 4. The van der Waals surface area contributed by atoms with Gasteiger partial charge in [0.05, 0.1) is 18.0 Å². The van der Waals surface area contributed by atoms with Gasteiger partial charge in [-0.15, -0.1) is 45.1 Å². The van der Waals surface area contributed by atoms with Crippen molar-refractivity contribution in [1.29, 1.82) is 0 Å². The molecule has 41 heavy (non-hydrogen) atoms. The molecule has 0 saturated carbocycles. The molecule has 7 rings (SSSR count). The van der Waals surface area contributed by atoms with E-state index in [4.69, 9.17) is 4.98 Å². The Morgan fingerprint density at radius 1 is 0.780 bits per heavy atom. The summed E-state index contributed by atoms with van der Waals surface area (Å²) in [4.78, 5) is 11.5. The van der Waals surface area contributed by atoms with E-state index in [2.05, 4.69) is 145 Å². The van der Waals surface area contributed by atoms with Crippen LogP contribution in [0.2, 0.25) is 0 Å². The van der Waals surface area contributed by atoms with E-state index in [0.29, 0.717) is 0 Å². The molecule has 1 aliphatic heterocycles. The minimum atomic E-state index is 0. The minimum absolute atomic E-state index is 0. The molecule has 0 spiro atoms. The molecular weight excluding hydrogens is 704 g/mol. The molecule has 0 N–H and O–H groups in total. The molecule has 0 atom stereocenters. The van der Waals surface area contributed by atoms with Crippen LogP contribution < -0.4 is 9.80 Å². The Balaban J connectivity index is 0.00000302. The summed E-state index contributed by atoms with van der Waals surface area (Å²) in [5.74, 6) is 0.919. The molecule has 4 nitrogen and oxygen atoms in total. The average molecular weight is 734 g/mol. The molecule has 0 bridgehead atoms. The van der Waals surface area contributed by atoms with Gasteiger partial charge in [-0.25, -0.2) is 4.98 Å². The molecule has 3 heterocycles. The van der Waals surface area contributed by atoms with E-state index in [9.17, 15) is 0 Å². The van der Waals surface area contributed by atoms with Crippen molar-refractivity contribution in [2.45, 2.75) is 36.0 Å². The third-order valence-corrected chi connectivity index (χ3v) is 8.51. The summed E-state index contributed by atoms with van der Waals surface area (Å²) in [5.41, 5.74) is 6.99. The maximum absolute atomic E-state index is 4.81. The van der Waals surface area contributed by atoms with E-state index in [1.165, 1.54) is 27.7 Å². The van der Waals surface area contributed by atoms with Gasteiger partial charge in [-0.3, -0.25) is 0 Å². The largest absolute Gasteiger partial charge is 2.00 e. The molecule has 0 aliphatic carbocycles. The Morgan fingerprint density at radius 2 is 1.54 bits per heavy atom. The Hall–Kier alpha value is -3.53. The molecule has 0 radical (unpaired) electrons. The maximum atomic E-state index is 4.81. The summed E-state index contributed by atoms with van der Waals surface area (Å²) in [6.07, 6.45) is 1.92. The molecular formula is C35H30N4PtS. The third-order valence-electron chi connectivity index (χ3n) is 7.60. The quantitative estimate of drug-likeness (QED) is 0.169. The fourth-order valence-corrected chi connectivity index (χ4v) is 6.36. The van der Waals surface area contributed by atoms with Crippen LogP contribution in [0.25, 0.3) is 27.6 Å². The van der Waals surface area contributed by atoms with E-state index >= 15 is 0 Å². The predicted octanol–water partition coefficient (Wildman–Crippen LogP) is 8.77. The summed E-state index contributed by atoms with van der Waals surface area (Å²) < 4.78 is 2.25. The van der Waals surface area contributed by atoms with Crippen molar-refractivity contribution in [3.63, 3.8) is 0 Å². The number of rotatable bonds is 4. The van der Waals surface area contributed by atoms with Crippen molar-refractivity contribution in [3.05, 3.63) is 115 Å². The van der Waals surface area contributed by atoms with Crippen molar-refractivity contribution in [2.24, 2.45) is 0 Å². The van der Waals surface area contributed by atoms with Gasteiger partial charge in [0.1, 0.15) is 5.82 Å². The van der Waals surface area contributed by atoms with Crippen LogP contribution >= 0.6 is 11.8 Å². The summed E-state index contributed by atoms with van der Waals surface area (Å²) in [6.45, 7) is 7.52. The minimum Gasteiger partial charge on any atom is -0.355 e. The van der Waals surface area contributed by atoms with Crippen molar-refractivity contribution in [3.8, 4) is 5.82 Å². The first kappa shape index (κ1) is 27.6. The second kappa shape index (κ2) is 10.7. The van der Waals surface area contributed by atoms with E-state index in [-0.39, 0.29) is 26.5 Å². The number of benzene rings is 4. The first-order valence-corrected chi connectivity index (χ1v) is 14.4. The van der Waals surface area contributed by atoms with Gasteiger partial charge in [0.25, 0.3) is 0 Å². The zero-order valence-corrected chi connectivity index (χ0v) is 26.5. The monoisotopic (exact) mass is 733 g/mol. The molecule has 0 unspecified atom stereocenters. The van der Waals surface area contributed by atoms with Crippen molar-refractivity contribution >= 4 is 50.6 Å². The van der Waals surface area contributed by atoms with Crippen LogP contribution in [0.5, 0.6) is 0 Å². The smallest absolute Gasteiger partial charge is 0.355 e. The number of para-hydroxylation sites is 3. The maximum Gasteiger partial charge on any atom is 2.00 e. The third kappa shape index (κ3) is 4.96. The summed E-state index contributed by atoms with van der Waals surface area (Å²) in [6, 6.07) is 39.6. The van der Waals surface area contributed by atoms with Crippen LogP contribution in [0.1, 0.15) is 26.3 Å². The van der Waals surface area contributed by atoms with E-state index < -0.39 is 0 Å². The van der Waals surface area contributed by atoms with Gasteiger partial charge in [0, 0.05) is 18.8 Å². The molecule has 0 saturated heterocycles. The predicted molar refractivity (Wildman–Crippen MR) is 167 cm³/mol. The van der Waals surface area contributed by atoms with Crippen LogP contribution in [0.15, 0.2) is 107 Å². The van der Waals surface area contributed by atoms with Gasteiger partial charge in [-0.05, 0) is 46.7 Å². The number of nitrogens with zero attached hydrogens (tertiary/aromatic N) is 4. The van der Waals surface area contributed by atoms with Crippen molar-refractivity contribution in [1.82, 2.24) is 9.55 Å². The fourth-order valence-electron chi connectivity index (χ4n) is 5.54. The number of fused-ring (bicyclic) bond motifs is 4. The fraction of sp³-hybridized carbons (Fsp3) is 0.171. The first-order chi connectivity index (χ1) is 19.4. The van der Waals surface area contributed by atoms with Gasteiger partial charge in [0.2, 0.25) is 0 Å². The van der Waals surface area contributed by atoms with Crippen molar-refractivity contribution < 1.29 is 21.1 Å². The molecule has 6 aromatic rings. The van der Waals surface area contributed by atoms with E-state index in [0.717, 1.165) is 39.0 Å². The molecule has 4 aromatic carbocycles. The Morgan fingerprint density at radius 3 is 2.37 bits per heavy atom. The van der Waals surface area contributed by atoms with Gasteiger partial charge >= 0.3 is 21.1 Å². The number of hydrogen-bond donors (Lipinski definition) is 0. The van der Waals surface area contributed by atoms with Crippen LogP contribution in [0.4, 0.5) is 17.1 Å². The standard InChI is InChI=1S/C35H30N4S.Pt/c1-35(2,3)24-18-19-36-34(20-24)39-30-13-6-5-12-28(30)29-17-16-27(22-33(29)39)40-26-11-9-10-25(21-26)38-23-37(4)31-14-7-8-15-32(31)38;/h5-20H,23H2,1-4H3;/q-2;+2. The van der Waals surface area contributed by atoms with Gasteiger partial charge in [0.15, 0.2) is 0 Å². The van der Waals surface area contributed by atoms with E-state index in [1.54, 1.807) is 11.8 Å². The zero-order valence-electron chi connectivity index (χ0n) is 23.5.